The molecule has 0 spiro atoms. The van der Waals surface area contributed by atoms with Gasteiger partial charge in [0.2, 0.25) is 5.91 Å². The number of anilines is 2. The average Bonchev–Trinajstić information content (AvgIpc) is 2.31. The molecule has 3 N–H and O–H groups in total. The Morgan fingerprint density at radius 2 is 2.11 bits per heavy atom. The number of hydrogen-bond donors (Lipinski definition) is 2. The highest BCUT2D eigenvalue weighted by Gasteiger charge is 2.37. The van der Waals surface area contributed by atoms with Crippen LogP contribution in [0.5, 0.6) is 5.75 Å². The van der Waals surface area contributed by atoms with Gasteiger partial charge in [0.15, 0.2) is 0 Å². The van der Waals surface area contributed by atoms with Crippen molar-refractivity contribution in [3.8, 4) is 5.75 Å². The molecule has 5 nitrogen and oxygen atoms in total. The molecule has 5 heteroatoms. The van der Waals surface area contributed by atoms with Crippen molar-refractivity contribution in [2.24, 2.45) is 0 Å². The van der Waals surface area contributed by atoms with Crippen LogP contribution in [-0.2, 0) is 4.79 Å². The lowest BCUT2D eigenvalue weighted by Crippen LogP contribution is -2.62. The van der Waals surface area contributed by atoms with Crippen molar-refractivity contribution in [3.05, 3.63) is 18.2 Å². The maximum absolute atomic E-state index is 11.9. The van der Waals surface area contributed by atoms with Gasteiger partial charge in [-0.1, -0.05) is 0 Å². The Morgan fingerprint density at radius 1 is 1.39 bits per heavy atom. The van der Waals surface area contributed by atoms with Gasteiger partial charge in [-0.05, 0) is 19.9 Å². The molecule has 1 saturated heterocycles. The summed E-state index contributed by atoms with van der Waals surface area (Å²) in [5, 5.41) is 2.87. The monoisotopic (exact) mass is 249 g/mol. The predicted molar refractivity (Wildman–Crippen MR) is 71.8 cm³/mol. The van der Waals surface area contributed by atoms with E-state index in [1.54, 1.807) is 13.2 Å². The quantitative estimate of drug-likeness (QED) is 0.767. The molecule has 1 aromatic rings. The maximum Gasteiger partial charge on any atom is 0.245 e. The largest absolute Gasteiger partial charge is 0.497 e. The fourth-order valence-corrected chi connectivity index (χ4v) is 2.23. The number of ether oxygens (including phenoxy) is 1. The molecule has 98 valence electrons. The summed E-state index contributed by atoms with van der Waals surface area (Å²) in [5.41, 5.74) is 6.81. The molecule has 1 aliphatic rings. The number of amides is 1. The molecular formula is C13H19N3O2. The van der Waals surface area contributed by atoms with E-state index in [0.29, 0.717) is 18.0 Å². The predicted octanol–water partition coefficient (Wildman–Crippen LogP) is 0.992. The van der Waals surface area contributed by atoms with Gasteiger partial charge in [0.1, 0.15) is 11.3 Å². The molecule has 0 radical (unpaired) electrons. The van der Waals surface area contributed by atoms with E-state index in [-0.39, 0.29) is 5.91 Å². The Kier molecular flexibility index (Phi) is 3.07. The number of rotatable bonds is 2. The first-order valence-corrected chi connectivity index (χ1v) is 5.95. The Morgan fingerprint density at radius 3 is 2.78 bits per heavy atom. The normalized spacial score (nSPS) is 18.4. The van der Waals surface area contributed by atoms with Crippen LogP contribution in [0.3, 0.4) is 0 Å². The Hall–Kier alpha value is -1.91. The number of nitrogens with zero attached hydrogens (tertiary/aromatic N) is 1. The van der Waals surface area contributed by atoms with Crippen molar-refractivity contribution in [1.29, 1.82) is 0 Å². The van der Waals surface area contributed by atoms with Crippen molar-refractivity contribution in [3.63, 3.8) is 0 Å². The van der Waals surface area contributed by atoms with E-state index >= 15 is 0 Å². The number of methoxy groups -OCH3 is 1. The molecule has 18 heavy (non-hydrogen) atoms. The highest BCUT2D eigenvalue weighted by Crippen LogP contribution is 2.31. The van der Waals surface area contributed by atoms with Crippen molar-refractivity contribution in [1.82, 2.24) is 5.32 Å². The smallest absolute Gasteiger partial charge is 0.245 e. The lowest BCUT2D eigenvalue weighted by Gasteiger charge is -2.43. The van der Waals surface area contributed by atoms with Crippen molar-refractivity contribution < 1.29 is 9.53 Å². The zero-order chi connectivity index (χ0) is 13.3. The molecule has 0 atom stereocenters. The second-order valence-corrected chi connectivity index (χ2v) is 4.93. The van der Waals surface area contributed by atoms with Gasteiger partial charge in [-0.3, -0.25) is 4.79 Å². The van der Waals surface area contributed by atoms with E-state index < -0.39 is 5.54 Å². The standard InChI is InChI=1S/C13H19N3O2/c1-13(2)12(17)15-4-5-16(13)10-6-9(14)7-11(8-10)18-3/h6-8H,4-5,14H2,1-3H3,(H,15,17). The third-order valence-electron chi connectivity index (χ3n) is 3.31. The van der Waals surface area contributed by atoms with Gasteiger partial charge in [0, 0.05) is 36.6 Å². The summed E-state index contributed by atoms with van der Waals surface area (Å²) in [6.45, 7) is 5.19. The minimum atomic E-state index is -0.586. The summed E-state index contributed by atoms with van der Waals surface area (Å²) >= 11 is 0. The molecule has 2 rings (SSSR count). The summed E-state index contributed by atoms with van der Waals surface area (Å²) < 4.78 is 5.21. The number of piperazine rings is 1. The van der Waals surface area contributed by atoms with E-state index in [1.807, 2.05) is 30.9 Å². The number of nitrogens with two attached hydrogens (primary N) is 1. The third kappa shape index (κ3) is 2.08. The van der Waals surface area contributed by atoms with Gasteiger partial charge in [-0.15, -0.1) is 0 Å². The molecule has 1 aromatic carbocycles. The average molecular weight is 249 g/mol. The number of nitrogen functional groups attached to an aromatic ring is 1. The Balaban J connectivity index is 2.41. The number of carbonyl (C=O) groups is 1. The lowest BCUT2D eigenvalue weighted by atomic mass is 9.98. The first-order valence-electron chi connectivity index (χ1n) is 5.95. The molecule has 0 aliphatic carbocycles. The highest BCUT2D eigenvalue weighted by molar-refractivity contribution is 5.90. The number of nitrogens with one attached hydrogen (secondary N) is 1. The Labute approximate surface area is 107 Å². The van der Waals surface area contributed by atoms with E-state index in [0.717, 1.165) is 12.2 Å². The fraction of sp³-hybridized carbons (Fsp3) is 0.462. The topological polar surface area (TPSA) is 67.6 Å². The van der Waals surface area contributed by atoms with Crippen LogP contribution in [0, 0.1) is 0 Å². The van der Waals surface area contributed by atoms with Gasteiger partial charge >= 0.3 is 0 Å². The molecule has 0 bridgehead atoms. The van der Waals surface area contributed by atoms with E-state index in [1.165, 1.54) is 0 Å². The van der Waals surface area contributed by atoms with Gasteiger partial charge in [-0.2, -0.15) is 0 Å². The third-order valence-corrected chi connectivity index (χ3v) is 3.31. The summed E-state index contributed by atoms with van der Waals surface area (Å²) in [7, 11) is 1.60. The number of hydrogen-bond acceptors (Lipinski definition) is 4. The van der Waals surface area contributed by atoms with Crippen LogP contribution < -0.4 is 20.7 Å². The lowest BCUT2D eigenvalue weighted by molar-refractivity contribution is -0.126. The Bertz CT molecular complexity index is 471. The second kappa shape index (κ2) is 4.40. The molecule has 0 unspecified atom stereocenters. The number of carbonyl (C=O) groups excluding carboxylic acids is 1. The molecular weight excluding hydrogens is 230 g/mol. The van der Waals surface area contributed by atoms with E-state index in [2.05, 4.69) is 5.32 Å². The molecule has 1 amide bonds. The highest BCUT2D eigenvalue weighted by atomic mass is 16.5. The first-order chi connectivity index (χ1) is 8.45. The summed E-state index contributed by atoms with van der Waals surface area (Å²) in [6, 6.07) is 5.53. The van der Waals surface area contributed by atoms with Gasteiger partial charge in [0.05, 0.1) is 7.11 Å². The van der Waals surface area contributed by atoms with Crippen molar-refractivity contribution in [2.45, 2.75) is 19.4 Å². The van der Waals surface area contributed by atoms with Gasteiger partial charge < -0.3 is 20.7 Å². The van der Waals surface area contributed by atoms with E-state index in [4.69, 9.17) is 10.5 Å². The second-order valence-electron chi connectivity index (χ2n) is 4.93. The van der Waals surface area contributed by atoms with Crippen LogP contribution in [0.2, 0.25) is 0 Å². The minimum absolute atomic E-state index is 0.0233. The van der Waals surface area contributed by atoms with Gasteiger partial charge in [0.25, 0.3) is 0 Å². The molecule has 1 aliphatic heterocycles. The summed E-state index contributed by atoms with van der Waals surface area (Å²) in [4.78, 5) is 14.0. The number of benzene rings is 1. The van der Waals surface area contributed by atoms with Crippen LogP contribution in [0.1, 0.15) is 13.8 Å². The molecule has 1 fully saturated rings. The minimum Gasteiger partial charge on any atom is -0.497 e. The SMILES string of the molecule is COc1cc(N)cc(N2CCNC(=O)C2(C)C)c1. The summed E-state index contributed by atoms with van der Waals surface area (Å²) in [6.07, 6.45) is 0. The van der Waals surface area contributed by atoms with Crippen LogP contribution >= 0.6 is 0 Å². The maximum atomic E-state index is 11.9. The van der Waals surface area contributed by atoms with Crippen molar-refractivity contribution in [2.75, 3.05) is 30.8 Å². The van der Waals surface area contributed by atoms with Crippen LogP contribution in [-0.4, -0.2) is 31.6 Å². The van der Waals surface area contributed by atoms with E-state index in [9.17, 15) is 4.79 Å². The molecule has 1 heterocycles. The summed E-state index contributed by atoms with van der Waals surface area (Å²) in [5.74, 6) is 0.724. The van der Waals surface area contributed by atoms with Crippen molar-refractivity contribution >= 4 is 17.3 Å². The van der Waals surface area contributed by atoms with Crippen LogP contribution in [0.25, 0.3) is 0 Å². The molecule has 0 saturated carbocycles. The van der Waals surface area contributed by atoms with Gasteiger partial charge in [-0.25, -0.2) is 0 Å². The zero-order valence-electron chi connectivity index (χ0n) is 11.0. The van der Waals surface area contributed by atoms with Crippen LogP contribution in [0.15, 0.2) is 18.2 Å². The zero-order valence-corrected chi connectivity index (χ0v) is 11.0. The molecule has 0 aromatic heterocycles. The first kappa shape index (κ1) is 12.5. The van der Waals surface area contributed by atoms with Crippen LogP contribution in [0.4, 0.5) is 11.4 Å². The fourth-order valence-electron chi connectivity index (χ4n) is 2.23.